The minimum absolute atomic E-state index is 0.189. The van der Waals surface area contributed by atoms with Gasteiger partial charge in [-0.05, 0) is 64.2 Å². The topological polar surface area (TPSA) is 149 Å². The number of aliphatic hydroxyl groups is 5. The molecule has 0 aromatic heterocycles. The molecule has 0 aromatic carbocycles. The summed E-state index contributed by atoms with van der Waals surface area (Å²) in [6, 6.07) is -0.825. The minimum atomic E-state index is -1.57. The van der Waals surface area contributed by atoms with Crippen LogP contribution in [0.3, 0.4) is 0 Å². The lowest BCUT2D eigenvalue weighted by Gasteiger charge is -2.40. The number of ether oxygens (including phenoxy) is 2. The molecular formula is C63H117NO8. The van der Waals surface area contributed by atoms with Gasteiger partial charge in [0.05, 0.1) is 25.4 Å². The molecule has 0 aliphatic carbocycles. The second-order valence-corrected chi connectivity index (χ2v) is 21.4. The van der Waals surface area contributed by atoms with Crippen LogP contribution in [0.5, 0.6) is 0 Å². The third-order valence-corrected chi connectivity index (χ3v) is 14.6. The Bertz CT molecular complexity index is 1270. The molecule has 0 spiro atoms. The molecule has 0 saturated carbocycles. The molecule has 1 saturated heterocycles. The molecule has 1 aliphatic heterocycles. The molecule has 7 unspecified atom stereocenters. The quantitative estimate of drug-likeness (QED) is 0.0261. The van der Waals surface area contributed by atoms with E-state index in [4.69, 9.17) is 9.47 Å². The molecule has 7 atom stereocenters. The fourth-order valence-electron chi connectivity index (χ4n) is 9.78. The van der Waals surface area contributed by atoms with Crippen molar-refractivity contribution in [3.05, 3.63) is 48.6 Å². The zero-order chi connectivity index (χ0) is 52.2. The average Bonchev–Trinajstić information content (AvgIpc) is 3.38. The Morgan fingerprint density at radius 3 is 1.24 bits per heavy atom. The van der Waals surface area contributed by atoms with Crippen LogP contribution < -0.4 is 5.32 Å². The number of carbonyl (C=O) groups is 1. The van der Waals surface area contributed by atoms with E-state index in [1.807, 2.05) is 6.08 Å². The fraction of sp³-hybridized carbons (Fsp3) is 0.857. The van der Waals surface area contributed by atoms with Crippen molar-refractivity contribution >= 4 is 5.91 Å². The lowest BCUT2D eigenvalue weighted by Crippen LogP contribution is -2.60. The van der Waals surface area contributed by atoms with Crippen molar-refractivity contribution in [1.82, 2.24) is 5.32 Å². The molecule has 422 valence electrons. The van der Waals surface area contributed by atoms with Gasteiger partial charge in [0.15, 0.2) is 6.29 Å². The van der Waals surface area contributed by atoms with E-state index in [-0.39, 0.29) is 12.5 Å². The van der Waals surface area contributed by atoms with E-state index in [0.717, 1.165) is 51.4 Å². The Morgan fingerprint density at radius 1 is 0.472 bits per heavy atom. The van der Waals surface area contributed by atoms with Crippen LogP contribution in [0.1, 0.15) is 290 Å². The third-order valence-electron chi connectivity index (χ3n) is 14.6. The highest BCUT2D eigenvalue weighted by atomic mass is 16.7. The van der Waals surface area contributed by atoms with Gasteiger partial charge in [-0.1, -0.05) is 268 Å². The van der Waals surface area contributed by atoms with Crippen molar-refractivity contribution < 1.29 is 39.8 Å². The Labute approximate surface area is 444 Å². The number of unbranched alkanes of at least 4 members (excludes halogenated alkanes) is 37. The Morgan fingerprint density at radius 2 is 0.833 bits per heavy atom. The van der Waals surface area contributed by atoms with Gasteiger partial charge in [0.2, 0.25) is 5.91 Å². The van der Waals surface area contributed by atoms with E-state index >= 15 is 0 Å². The Kier molecular flexibility index (Phi) is 49.8. The number of allylic oxidation sites excluding steroid dienone is 7. The molecule has 72 heavy (non-hydrogen) atoms. The van der Waals surface area contributed by atoms with Crippen LogP contribution in [-0.2, 0) is 14.3 Å². The summed E-state index contributed by atoms with van der Waals surface area (Å²) in [6.45, 7) is 3.64. The van der Waals surface area contributed by atoms with Crippen molar-refractivity contribution in [2.45, 2.75) is 333 Å². The van der Waals surface area contributed by atoms with Gasteiger partial charge in [0.1, 0.15) is 24.4 Å². The molecule has 1 rings (SSSR count). The van der Waals surface area contributed by atoms with Gasteiger partial charge < -0.3 is 40.3 Å². The van der Waals surface area contributed by atoms with Gasteiger partial charge in [-0.25, -0.2) is 0 Å². The van der Waals surface area contributed by atoms with E-state index in [9.17, 15) is 30.3 Å². The number of hydrogen-bond acceptors (Lipinski definition) is 8. The highest BCUT2D eigenvalue weighted by molar-refractivity contribution is 5.76. The van der Waals surface area contributed by atoms with Crippen molar-refractivity contribution in [2.24, 2.45) is 0 Å². The second-order valence-electron chi connectivity index (χ2n) is 21.4. The molecule has 1 fully saturated rings. The zero-order valence-electron chi connectivity index (χ0n) is 46.9. The van der Waals surface area contributed by atoms with Crippen molar-refractivity contribution in [2.75, 3.05) is 13.2 Å². The molecule has 6 N–H and O–H groups in total. The highest BCUT2D eigenvalue weighted by Crippen LogP contribution is 2.23. The molecule has 9 nitrogen and oxygen atoms in total. The third kappa shape index (κ3) is 41.4. The van der Waals surface area contributed by atoms with Gasteiger partial charge in [-0.3, -0.25) is 4.79 Å². The number of carbonyl (C=O) groups excluding carboxylic acids is 1. The molecule has 0 bridgehead atoms. The van der Waals surface area contributed by atoms with E-state index in [0.29, 0.717) is 6.42 Å². The molecule has 1 aliphatic rings. The summed E-state index contributed by atoms with van der Waals surface area (Å²) in [5.74, 6) is -0.189. The normalized spacial score (nSPS) is 19.5. The summed E-state index contributed by atoms with van der Waals surface area (Å²) >= 11 is 0. The fourth-order valence-corrected chi connectivity index (χ4v) is 9.78. The van der Waals surface area contributed by atoms with Crippen LogP contribution in [0.15, 0.2) is 48.6 Å². The molecule has 1 heterocycles. The van der Waals surface area contributed by atoms with Crippen LogP contribution in [0.25, 0.3) is 0 Å². The molecule has 1 amide bonds. The van der Waals surface area contributed by atoms with E-state index in [1.54, 1.807) is 6.08 Å². The summed E-state index contributed by atoms with van der Waals surface area (Å²) < 4.78 is 11.2. The number of hydrogen-bond donors (Lipinski definition) is 6. The summed E-state index contributed by atoms with van der Waals surface area (Å²) in [4.78, 5) is 13.0. The number of aliphatic hydroxyl groups excluding tert-OH is 5. The first-order valence-corrected chi connectivity index (χ1v) is 30.9. The molecule has 0 aromatic rings. The lowest BCUT2D eigenvalue weighted by atomic mass is 9.99. The van der Waals surface area contributed by atoms with Crippen molar-refractivity contribution in [3.63, 3.8) is 0 Å². The van der Waals surface area contributed by atoms with Crippen LogP contribution in [0, 0.1) is 0 Å². The van der Waals surface area contributed by atoms with Crippen LogP contribution in [0.2, 0.25) is 0 Å². The monoisotopic (exact) mass is 1020 g/mol. The summed E-state index contributed by atoms with van der Waals surface area (Å²) in [6.07, 6.45) is 64.0. The first-order valence-electron chi connectivity index (χ1n) is 30.9. The first-order chi connectivity index (χ1) is 35.3. The second kappa shape index (κ2) is 52.6. The lowest BCUT2D eigenvalue weighted by molar-refractivity contribution is -0.302. The molecule has 0 radical (unpaired) electrons. The molecule has 9 heteroatoms. The Hall–Kier alpha value is -1.85. The van der Waals surface area contributed by atoms with E-state index in [2.05, 4.69) is 55.6 Å². The molecular weight excluding hydrogens is 899 g/mol. The maximum atomic E-state index is 13.0. The predicted molar refractivity (Wildman–Crippen MR) is 304 cm³/mol. The van der Waals surface area contributed by atoms with Gasteiger partial charge in [-0.2, -0.15) is 0 Å². The predicted octanol–water partition coefficient (Wildman–Crippen LogP) is 15.7. The smallest absolute Gasteiger partial charge is 0.220 e. The zero-order valence-corrected chi connectivity index (χ0v) is 46.9. The van der Waals surface area contributed by atoms with Crippen molar-refractivity contribution in [1.29, 1.82) is 0 Å². The number of rotatable bonds is 53. The SMILES string of the molecule is CC/C=C/CC/C=C/CC/C=C/C(O)C(COC1OC(CO)C(O)C(O)C1O)NC(=O)CCCCCCCCCCCCCCCCCCCCCCCCCCCCC/C=C\CCCCCCCCCC. The van der Waals surface area contributed by atoms with Gasteiger partial charge in [0.25, 0.3) is 0 Å². The van der Waals surface area contributed by atoms with Gasteiger partial charge in [-0.15, -0.1) is 0 Å². The first kappa shape index (κ1) is 68.2. The maximum Gasteiger partial charge on any atom is 0.220 e. The minimum Gasteiger partial charge on any atom is -0.394 e. The van der Waals surface area contributed by atoms with Gasteiger partial charge >= 0.3 is 0 Å². The Balaban J connectivity index is 1.99. The standard InChI is InChI=1S/C63H117NO8/c1-3-5-7-9-11-13-15-16-17-18-19-20-21-22-23-24-25-26-27-28-29-30-31-32-33-34-35-36-37-38-39-40-41-42-43-45-47-49-51-53-59(67)64-56(55-71-63-62(70)61(69)60(68)58(54-65)72-63)57(66)52-50-48-46-44-14-12-10-8-6-4-2/h6,8,14,18-19,44,50,52,56-58,60-63,65-66,68-70H,3-5,7,9-13,15-17,20-43,45-49,51,53-55H2,1-2H3,(H,64,67)/b8-6+,19-18-,44-14+,52-50+. The van der Waals surface area contributed by atoms with Gasteiger partial charge in [0, 0.05) is 6.42 Å². The number of amides is 1. The number of nitrogens with one attached hydrogen (secondary N) is 1. The maximum absolute atomic E-state index is 13.0. The van der Waals surface area contributed by atoms with Crippen LogP contribution in [-0.4, -0.2) is 87.5 Å². The largest absolute Gasteiger partial charge is 0.394 e. The van der Waals surface area contributed by atoms with Crippen molar-refractivity contribution in [3.8, 4) is 0 Å². The van der Waals surface area contributed by atoms with Crippen LogP contribution in [0.4, 0.5) is 0 Å². The highest BCUT2D eigenvalue weighted by Gasteiger charge is 2.44. The van der Waals surface area contributed by atoms with Crippen LogP contribution >= 0.6 is 0 Å². The summed E-state index contributed by atoms with van der Waals surface area (Å²) in [7, 11) is 0. The average molecular weight is 1020 g/mol. The summed E-state index contributed by atoms with van der Waals surface area (Å²) in [5.41, 5.74) is 0. The van der Waals surface area contributed by atoms with E-state index < -0.39 is 49.5 Å². The van der Waals surface area contributed by atoms with E-state index in [1.165, 1.54) is 218 Å². The summed E-state index contributed by atoms with van der Waals surface area (Å²) in [5, 5.41) is 54.2.